The van der Waals surface area contributed by atoms with Gasteiger partial charge >= 0.3 is 0 Å². The Hall–Kier alpha value is -3.63. The lowest BCUT2D eigenvalue weighted by atomic mass is 10.0. The zero-order chi connectivity index (χ0) is 21.5. The van der Waals surface area contributed by atoms with Gasteiger partial charge in [-0.05, 0) is 59.2 Å². The van der Waals surface area contributed by atoms with Gasteiger partial charge in [0.25, 0.3) is 5.69 Å². The second-order valence-corrected chi connectivity index (χ2v) is 7.21. The third-order valence-corrected chi connectivity index (χ3v) is 4.84. The summed E-state index contributed by atoms with van der Waals surface area (Å²) < 4.78 is 12.2. The number of nitriles is 1. The van der Waals surface area contributed by atoms with Gasteiger partial charge in [-0.25, -0.2) is 0 Å². The lowest BCUT2D eigenvalue weighted by Crippen LogP contribution is -1.98. The summed E-state index contributed by atoms with van der Waals surface area (Å²) in [6.45, 7) is 0.242. The number of nitro benzene ring substituents is 1. The first-order valence-corrected chi connectivity index (χ1v) is 9.71. The first-order valence-electron chi connectivity index (χ1n) is 8.92. The van der Waals surface area contributed by atoms with E-state index in [1.54, 1.807) is 37.5 Å². The lowest BCUT2D eigenvalue weighted by Gasteiger charge is -2.11. The molecule has 0 aromatic heterocycles. The molecule has 150 valence electrons. The molecule has 6 nitrogen and oxygen atoms in total. The molecule has 0 N–H and O–H groups in total. The number of non-ortho nitro benzene ring substituents is 1. The van der Waals surface area contributed by atoms with E-state index in [4.69, 9.17) is 9.47 Å². The molecule has 0 aliphatic rings. The second kappa shape index (κ2) is 9.72. The number of halogens is 1. The van der Waals surface area contributed by atoms with Gasteiger partial charge < -0.3 is 9.47 Å². The molecule has 0 bridgehead atoms. The molecule has 30 heavy (non-hydrogen) atoms. The molecule has 3 rings (SSSR count). The zero-order valence-electron chi connectivity index (χ0n) is 16.0. The van der Waals surface area contributed by atoms with Crippen LogP contribution in [0.1, 0.15) is 16.7 Å². The van der Waals surface area contributed by atoms with Crippen LogP contribution >= 0.6 is 15.9 Å². The maximum absolute atomic E-state index is 10.7. The molecular formula is C23H17BrN2O4. The van der Waals surface area contributed by atoms with Gasteiger partial charge in [-0.2, -0.15) is 5.26 Å². The topological polar surface area (TPSA) is 85.4 Å². The number of hydrogen-bond donors (Lipinski definition) is 0. The fourth-order valence-corrected chi connectivity index (χ4v) is 3.01. The number of benzene rings is 3. The highest BCUT2D eigenvalue weighted by Crippen LogP contribution is 2.31. The molecular weight excluding hydrogens is 448 g/mol. The molecule has 7 heteroatoms. The van der Waals surface area contributed by atoms with Crippen LogP contribution in [-0.4, -0.2) is 12.0 Å². The fourth-order valence-electron chi connectivity index (χ4n) is 2.74. The van der Waals surface area contributed by atoms with Crippen LogP contribution in [0.3, 0.4) is 0 Å². The quantitative estimate of drug-likeness (QED) is 0.185. The van der Waals surface area contributed by atoms with Crippen molar-refractivity contribution < 1.29 is 14.4 Å². The van der Waals surface area contributed by atoms with Gasteiger partial charge in [0.05, 0.1) is 23.7 Å². The standard InChI is InChI=1S/C23H17BrN2O4/c1-29-23-13-17(12-19(14-25)18-5-7-20(24)8-6-18)4-11-22(23)30-15-16-2-9-21(10-3-16)26(27)28/h2-13H,15H2,1H3/b19-12-. The summed E-state index contributed by atoms with van der Waals surface area (Å²) >= 11 is 3.39. The molecule has 3 aromatic rings. The number of ether oxygens (including phenoxy) is 2. The average molecular weight is 465 g/mol. The summed E-state index contributed by atoms with van der Waals surface area (Å²) in [5.41, 5.74) is 2.98. The van der Waals surface area contributed by atoms with Crippen molar-refractivity contribution in [3.63, 3.8) is 0 Å². The Kier molecular flexibility index (Phi) is 6.83. The highest BCUT2D eigenvalue weighted by Gasteiger charge is 2.09. The SMILES string of the molecule is COc1cc(/C=C(/C#N)c2ccc(Br)cc2)ccc1OCc1ccc([N+](=O)[O-])cc1. The first kappa shape index (κ1) is 21.1. The van der Waals surface area contributed by atoms with E-state index in [2.05, 4.69) is 22.0 Å². The van der Waals surface area contributed by atoms with E-state index in [0.29, 0.717) is 17.1 Å². The molecule has 3 aromatic carbocycles. The summed E-state index contributed by atoms with van der Waals surface area (Å²) in [5.74, 6) is 1.06. The molecule has 0 aliphatic heterocycles. The van der Waals surface area contributed by atoms with Crippen LogP contribution in [0.25, 0.3) is 11.6 Å². The Morgan fingerprint density at radius 3 is 2.40 bits per heavy atom. The minimum Gasteiger partial charge on any atom is -0.493 e. The molecule has 0 radical (unpaired) electrons. The van der Waals surface area contributed by atoms with Crippen LogP contribution in [0.4, 0.5) is 5.69 Å². The van der Waals surface area contributed by atoms with Crippen molar-refractivity contribution >= 4 is 33.3 Å². The van der Waals surface area contributed by atoms with Crippen LogP contribution in [-0.2, 0) is 6.61 Å². The Balaban J connectivity index is 1.78. The van der Waals surface area contributed by atoms with Gasteiger partial charge in [-0.1, -0.05) is 34.1 Å². The van der Waals surface area contributed by atoms with Crippen molar-refractivity contribution in [1.29, 1.82) is 5.26 Å². The molecule has 0 unspecified atom stereocenters. The minimum absolute atomic E-state index is 0.0338. The van der Waals surface area contributed by atoms with Gasteiger partial charge in [0.1, 0.15) is 6.61 Å². The molecule has 0 aliphatic carbocycles. The van der Waals surface area contributed by atoms with Crippen molar-refractivity contribution in [2.75, 3.05) is 7.11 Å². The monoisotopic (exact) mass is 464 g/mol. The number of allylic oxidation sites excluding steroid dienone is 1. The Morgan fingerprint density at radius 1 is 1.10 bits per heavy atom. The van der Waals surface area contributed by atoms with E-state index in [1.807, 2.05) is 30.3 Å². The molecule has 0 amide bonds. The highest BCUT2D eigenvalue weighted by atomic mass is 79.9. The molecule has 0 atom stereocenters. The van der Waals surface area contributed by atoms with Crippen molar-refractivity contribution in [2.45, 2.75) is 6.61 Å². The number of rotatable bonds is 7. The molecule has 0 saturated heterocycles. The minimum atomic E-state index is -0.441. The number of nitrogens with zero attached hydrogens (tertiary/aromatic N) is 2. The predicted octanol–water partition coefficient (Wildman–Crippen LogP) is 6.01. The normalized spacial score (nSPS) is 10.9. The third-order valence-electron chi connectivity index (χ3n) is 4.32. The Labute approximate surface area is 182 Å². The number of methoxy groups -OCH3 is 1. The van der Waals surface area contributed by atoms with E-state index in [0.717, 1.165) is 21.2 Å². The molecule has 0 spiro atoms. The van der Waals surface area contributed by atoms with Gasteiger partial charge in [0.15, 0.2) is 11.5 Å². The van der Waals surface area contributed by atoms with E-state index < -0.39 is 4.92 Å². The summed E-state index contributed by atoms with van der Waals surface area (Å²) in [7, 11) is 1.54. The van der Waals surface area contributed by atoms with Crippen molar-refractivity contribution in [3.05, 3.63) is 98.0 Å². The highest BCUT2D eigenvalue weighted by molar-refractivity contribution is 9.10. The third kappa shape index (κ3) is 5.25. The van der Waals surface area contributed by atoms with E-state index >= 15 is 0 Å². The smallest absolute Gasteiger partial charge is 0.269 e. The Bertz CT molecular complexity index is 1120. The van der Waals surface area contributed by atoms with Gasteiger partial charge in [0, 0.05) is 16.6 Å². The fraction of sp³-hybridized carbons (Fsp3) is 0.0870. The van der Waals surface area contributed by atoms with E-state index in [1.165, 1.54) is 12.1 Å². The van der Waals surface area contributed by atoms with Crippen LogP contribution in [0.15, 0.2) is 71.2 Å². The van der Waals surface area contributed by atoms with Gasteiger partial charge in [0.2, 0.25) is 0 Å². The molecule has 0 fully saturated rings. The lowest BCUT2D eigenvalue weighted by molar-refractivity contribution is -0.384. The summed E-state index contributed by atoms with van der Waals surface area (Å²) in [6, 6.07) is 21.3. The summed E-state index contributed by atoms with van der Waals surface area (Å²) in [6.07, 6.45) is 1.78. The number of hydrogen-bond acceptors (Lipinski definition) is 5. The van der Waals surface area contributed by atoms with Crippen LogP contribution in [0.5, 0.6) is 11.5 Å². The first-order chi connectivity index (χ1) is 14.5. The maximum Gasteiger partial charge on any atom is 0.269 e. The van der Waals surface area contributed by atoms with Crippen LogP contribution < -0.4 is 9.47 Å². The predicted molar refractivity (Wildman–Crippen MR) is 118 cm³/mol. The van der Waals surface area contributed by atoms with Crippen LogP contribution in [0.2, 0.25) is 0 Å². The van der Waals surface area contributed by atoms with Gasteiger partial charge in [-0.3, -0.25) is 10.1 Å². The average Bonchev–Trinajstić information content (AvgIpc) is 2.77. The second-order valence-electron chi connectivity index (χ2n) is 6.30. The van der Waals surface area contributed by atoms with Crippen LogP contribution in [0, 0.1) is 21.4 Å². The summed E-state index contributed by atoms with van der Waals surface area (Å²) in [4.78, 5) is 10.3. The zero-order valence-corrected chi connectivity index (χ0v) is 17.6. The largest absolute Gasteiger partial charge is 0.493 e. The van der Waals surface area contributed by atoms with Crippen molar-refractivity contribution in [3.8, 4) is 17.6 Å². The molecule has 0 saturated carbocycles. The van der Waals surface area contributed by atoms with Crippen molar-refractivity contribution in [1.82, 2.24) is 0 Å². The maximum atomic E-state index is 10.7. The van der Waals surface area contributed by atoms with E-state index in [-0.39, 0.29) is 12.3 Å². The van der Waals surface area contributed by atoms with Crippen molar-refractivity contribution in [2.24, 2.45) is 0 Å². The Morgan fingerprint density at radius 2 is 1.80 bits per heavy atom. The number of nitro groups is 1. The summed E-state index contributed by atoms with van der Waals surface area (Å²) in [5, 5.41) is 20.3. The van der Waals surface area contributed by atoms with Gasteiger partial charge in [-0.15, -0.1) is 0 Å². The molecule has 0 heterocycles. The van der Waals surface area contributed by atoms with E-state index in [9.17, 15) is 15.4 Å².